The fourth-order valence-corrected chi connectivity index (χ4v) is 1.50. The lowest BCUT2D eigenvalue weighted by atomic mass is 11.2. The van der Waals surface area contributed by atoms with Gasteiger partial charge in [0, 0.05) is 14.2 Å². The van der Waals surface area contributed by atoms with Crippen LogP contribution in [0.3, 0.4) is 0 Å². The molecule has 0 aromatic heterocycles. The molecule has 0 N–H and O–H groups in total. The molecule has 0 heterocycles. The Hall–Kier alpha value is -0.383. The van der Waals surface area contributed by atoms with Crippen molar-refractivity contribution in [1.82, 2.24) is 0 Å². The molecular weight excluding hydrogens is 132 g/mol. The molecule has 0 aliphatic carbocycles. The Morgan fingerprint density at radius 3 is 1.44 bits per heavy atom. The highest BCUT2D eigenvalue weighted by atomic mass is 28.4. The molecule has 9 heavy (non-hydrogen) atoms. The van der Waals surface area contributed by atoms with Crippen LogP contribution in [-0.2, 0) is 8.85 Å². The van der Waals surface area contributed by atoms with E-state index in [9.17, 15) is 0 Å². The van der Waals surface area contributed by atoms with Gasteiger partial charge in [-0.2, -0.15) is 0 Å². The lowest BCUT2D eigenvalue weighted by Gasteiger charge is -2.17. The molecular formula is C6H12O2Si. The minimum Gasteiger partial charge on any atom is -0.392 e. The number of rotatable bonds is 4. The first-order chi connectivity index (χ1) is 4.24. The number of hydrogen-bond acceptors (Lipinski definition) is 2. The second kappa shape index (κ2) is 3.61. The van der Waals surface area contributed by atoms with Gasteiger partial charge >= 0.3 is 8.56 Å². The van der Waals surface area contributed by atoms with Crippen molar-refractivity contribution < 1.29 is 8.85 Å². The zero-order valence-electron chi connectivity index (χ0n) is 5.89. The van der Waals surface area contributed by atoms with E-state index < -0.39 is 8.56 Å². The zero-order chi connectivity index (χ0) is 7.33. The maximum atomic E-state index is 5.07. The fraction of sp³-hybridized carbons (Fsp3) is 0.333. The van der Waals surface area contributed by atoms with E-state index >= 15 is 0 Å². The van der Waals surface area contributed by atoms with Crippen LogP contribution in [0.4, 0.5) is 0 Å². The monoisotopic (exact) mass is 144 g/mol. The van der Waals surface area contributed by atoms with E-state index in [-0.39, 0.29) is 0 Å². The summed E-state index contributed by atoms with van der Waals surface area (Å²) in [6, 6.07) is 0. The van der Waals surface area contributed by atoms with Crippen LogP contribution in [0, 0.1) is 0 Å². The average Bonchev–Trinajstić information content (AvgIpc) is 1.95. The van der Waals surface area contributed by atoms with Crippen molar-refractivity contribution >= 4 is 8.56 Å². The van der Waals surface area contributed by atoms with Crippen LogP contribution in [0.25, 0.3) is 0 Å². The molecule has 0 spiro atoms. The van der Waals surface area contributed by atoms with E-state index in [0.29, 0.717) is 0 Å². The van der Waals surface area contributed by atoms with Gasteiger partial charge in [-0.15, -0.1) is 13.2 Å². The Labute approximate surface area is 57.0 Å². The summed E-state index contributed by atoms with van der Waals surface area (Å²) in [5.41, 5.74) is 3.36. The van der Waals surface area contributed by atoms with Gasteiger partial charge in [0.25, 0.3) is 0 Å². The predicted molar refractivity (Wildman–Crippen MR) is 40.2 cm³/mol. The van der Waals surface area contributed by atoms with Crippen molar-refractivity contribution in [2.24, 2.45) is 0 Å². The summed E-state index contributed by atoms with van der Waals surface area (Å²) in [6.07, 6.45) is 0. The van der Waals surface area contributed by atoms with Crippen LogP contribution in [0.15, 0.2) is 24.6 Å². The van der Waals surface area contributed by atoms with Gasteiger partial charge in [0.05, 0.1) is 0 Å². The van der Waals surface area contributed by atoms with E-state index in [0.717, 1.165) is 0 Å². The second-order valence-electron chi connectivity index (χ2n) is 1.54. The molecule has 0 atom stereocenters. The molecule has 0 aromatic rings. The van der Waals surface area contributed by atoms with Crippen molar-refractivity contribution in [3.8, 4) is 0 Å². The minimum absolute atomic E-state index is 1.60. The van der Waals surface area contributed by atoms with Crippen LogP contribution >= 0.6 is 0 Å². The van der Waals surface area contributed by atoms with Crippen molar-refractivity contribution in [3.63, 3.8) is 0 Å². The van der Waals surface area contributed by atoms with Gasteiger partial charge in [0.15, 0.2) is 0 Å². The summed E-state index contributed by atoms with van der Waals surface area (Å²) >= 11 is 0. The van der Waals surface area contributed by atoms with Crippen LogP contribution in [0.2, 0.25) is 0 Å². The molecule has 0 unspecified atom stereocenters. The normalized spacial score (nSPS) is 10.9. The average molecular weight is 144 g/mol. The third-order valence-corrected chi connectivity index (χ3v) is 3.62. The zero-order valence-corrected chi connectivity index (χ0v) is 6.89. The highest BCUT2D eigenvalue weighted by molar-refractivity contribution is 6.77. The molecule has 0 saturated heterocycles. The lowest BCUT2D eigenvalue weighted by molar-refractivity contribution is 0.270. The first kappa shape index (κ1) is 8.62. The van der Waals surface area contributed by atoms with Gasteiger partial charge in [0.2, 0.25) is 0 Å². The predicted octanol–water partition coefficient (Wildman–Crippen LogP) is 1.17. The second-order valence-corrected chi connectivity index (χ2v) is 4.61. The maximum absolute atomic E-state index is 5.07. The molecule has 52 valence electrons. The van der Waals surface area contributed by atoms with E-state index in [1.807, 2.05) is 0 Å². The summed E-state index contributed by atoms with van der Waals surface area (Å²) < 4.78 is 10.1. The molecule has 0 aromatic carbocycles. The minimum atomic E-state index is -2.16. The molecule has 2 nitrogen and oxygen atoms in total. The molecule has 0 aliphatic rings. The van der Waals surface area contributed by atoms with Gasteiger partial charge in [-0.25, -0.2) is 0 Å². The van der Waals surface area contributed by atoms with E-state index in [4.69, 9.17) is 8.85 Å². The molecule has 0 rings (SSSR count). The van der Waals surface area contributed by atoms with E-state index in [2.05, 4.69) is 13.2 Å². The van der Waals surface area contributed by atoms with Gasteiger partial charge in [-0.3, -0.25) is 0 Å². The molecule has 3 heteroatoms. The number of hydrogen-bond donors (Lipinski definition) is 0. The Bertz CT molecular complexity index is 97.6. The van der Waals surface area contributed by atoms with Crippen LogP contribution in [-0.4, -0.2) is 22.8 Å². The van der Waals surface area contributed by atoms with Gasteiger partial charge in [0.1, 0.15) is 0 Å². The van der Waals surface area contributed by atoms with E-state index in [1.54, 1.807) is 25.6 Å². The third kappa shape index (κ3) is 1.78. The van der Waals surface area contributed by atoms with Gasteiger partial charge < -0.3 is 8.85 Å². The quantitative estimate of drug-likeness (QED) is 0.551. The molecule has 0 amide bonds. The third-order valence-electron chi connectivity index (χ3n) is 1.21. The summed E-state index contributed by atoms with van der Waals surface area (Å²) in [7, 11) is 1.03. The summed E-state index contributed by atoms with van der Waals surface area (Å²) in [4.78, 5) is 0. The summed E-state index contributed by atoms with van der Waals surface area (Å²) in [5.74, 6) is 0. The van der Waals surface area contributed by atoms with Gasteiger partial charge in [-0.1, -0.05) is 0 Å². The smallest absolute Gasteiger partial charge is 0.390 e. The first-order valence-corrected chi connectivity index (χ1v) is 4.59. The SMILES string of the molecule is C=C[Si](C=C)(OC)OC. The van der Waals surface area contributed by atoms with Crippen LogP contribution in [0.1, 0.15) is 0 Å². The Morgan fingerprint density at radius 1 is 1.11 bits per heavy atom. The molecule has 0 bridgehead atoms. The summed E-state index contributed by atoms with van der Waals surface area (Å²) in [6.45, 7) is 7.17. The van der Waals surface area contributed by atoms with Gasteiger partial charge in [-0.05, 0) is 11.4 Å². The maximum Gasteiger partial charge on any atom is 0.390 e. The highest BCUT2D eigenvalue weighted by Gasteiger charge is 2.26. The Kier molecular flexibility index (Phi) is 3.45. The lowest BCUT2D eigenvalue weighted by Crippen LogP contribution is -2.35. The topological polar surface area (TPSA) is 18.5 Å². The van der Waals surface area contributed by atoms with Crippen molar-refractivity contribution in [1.29, 1.82) is 0 Å². The Morgan fingerprint density at radius 2 is 1.44 bits per heavy atom. The van der Waals surface area contributed by atoms with Crippen LogP contribution < -0.4 is 0 Å². The molecule has 0 saturated carbocycles. The summed E-state index contributed by atoms with van der Waals surface area (Å²) in [5, 5.41) is 0. The first-order valence-electron chi connectivity index (χ1n) is 2.62. The largest absolute Gasteiger partial charge is 0.392 e. The standard InChI is InChI=1S/C6H12O2Si/c1-5-9(6-2,7-3)8-4/h5-6H,1-2H2,3-4H3. The van der Waals surface area contributed by atoms with Crippen LogP contribution in [0.5, 0.6) is 0 Å². The highest BCUT2D eigenvalue weighted by Crippen LogP contribution is 2.05. The fourth-order valence-electron chi connectivity index (χ4n) is 0.500. The Balaban J connectivity index is 4.15. The van der Waals surface area contributed by atoms with Crippen molar-refractivity contribution in [2.45, 2.75) is 0 Å². The molecule has 0 fully saturated rings. The van der Waals surface area contributed by atoms with Crippen molar-refractivity contribution in [2.75, 3.05) is 14.2 Å². The molecule has 0 aliphatic heterocycles. The van der Waals surface area contributed by atoms with E-state index in [1.165, 1.54) is 0 Å². The molecule has 0 radical (unpaired) electrons. The van der Waals surface area contributed by atoms with Crippen molar-refractivity contribution in [3.05, 3.63) is 24.6 Å².